The summed E-state index contributed by atoms with van der Waals surface area (Å²) in [5, 5.41) is 9.19. The lowest BCUT2D eigenvalue weighted by Gasteiger charge is -2.20. The van der Waals surface area contributed by atoms with Crippen molar-refractivity contribution >= 4 is 0 Å². The molecule has 4 nitrogen and oxygen atoms in total. The summed E-state index contributed by atoms with van der Waals surface area (Å²) in [6.45, 7) is 5.73. The second-order valence-corrected chi connectivity index (χ2v) is 3.68. The van der Waals surface area contributed by atoms with E-state index in [-0.39, 0.29) is 0 Å². The molecule has 1 fully saturated rings. The summed E-state index contributed by atoms with van der Waals surface area (Å²) in [6, 6.07) is 0. The minimum Gasteiger partial charge on any atom is -0.314 e. The van der Waals surface area contributed by atoms with Crippen molar-refractivity contribution in [2.24, 2.45) is 0 Å². The summed E-state index contributed by atoms with van der Waals surface area (Å²) in [5.74, 6) is 0. The maximum absolute atomic E-state index is 13.1. The summed E-state index contributed by atoms with van der Waals surface area (Å²) in [4.78, 5) is 2.20. The monoisotopic (exact) mass is 204 g/mol. The molecule has 14 heavy (non-hydrogen) atoms. The van der Waals surface area contributed by atoms with Crippen molar-refractivity contribution in [3.8, 4) is 0 Å². The highest BCUT2D eigenvalue weighted by molar-refractivity contribution is 4.64. The van der Waals surface area contributed by atoms with Crippen molar-refractivity contribution in [2.75, 3.05) is 52.9 Å². The van der Waals surface area contributed by atoms with E-state index in [2.05, 4.69) is 27.9 Å². The summed E-state index contributed by atoms with van der Waals surface area (Å²) in [5.41, 5.74) is 0. The quantitative estimate of drug-likeness (QED) is 0.443. The van der Waals surface area contributed by atoms with E-state index in [4.69, 9.17) is 0 Å². The van der Waals surface area contributed by atoms with E-state index < -0.39 is 6.30 Å². The van der Waals surface area contributed by atoms with Gasteiger partial charge < -0.3 is 15.5 Å². The van der Waals surface area contributed by atoms with Gasteiger partial charge in [-0.2, -0.15) is 0 Å². The molecule has 0 aromatic rings. The zero-order valence-corrected chi connectivity index (χ0v) is 8.85. The normalized spacial score (nSPS) is 29.1. The van der Waals surface area contributed by atoms with Crippen LogP contribution in [0.1, 0.15) is 0 Å². The van der Waals surface area contributed by atoms with Crippen molar-refractivity contribution in [3.05, 3.63) is 0 Å². The van der Waals surface area contributed by atoms with E-state index in [1.165, 1.54) is 0 Å². The predicted octanol–water partition coefficient (Wildman–Crippen LogP) is -1.00. The number of hydrogen-bond donors (Lipinski definition) is 3. The minimum atomic E-state index is -0.928. The van der Waals surface area contributed by atoms with E-state index in [1.807, 2.05) is 0 Å². The fraction of sp³-hybridized carbons (Fsp3) is 1.00. The first-order valence-corrected chi connectivity index (χ1v) is 5.26. The third kappa shape index (κ3) is 5.49. The molecule has 1 aliphatic heterocycles. The second-order valence-electron chi connectivity index (χ2n) is 3.68. The largest absolute Gasteiger partial charge is 0.314 e. The van der Waals surface area contributed by atoms with Crippen molar-refractivity contribution in [2.45, 2.75) is 6.30 Å². The molecule has 0 spiro atoms. The molecule has 3 N–H and O–H groups in total. The summed E-state index contributed by atoms with van der Waals surface area (Å²) < 4.78 is 13.1. The molecule has 1 atom stereocenters. The maximum Gasteiger partial charge on any atom is 0.163 e. The highest BCUT2D eigenvalue weighted by Crippen LogP contribution is 1.85. The lowest BCUT2D eigenvalue weighted by atomic mass is 10.4. The highest BCUT2D eigenvalue weighted by Gasteiger charge is 2.06. The van der Waals surface area contributed by atoms with Gasteiger partial charge in [-0.05, 0) is 7.05 Å². The fourth-order valence-corrected chi connectivity index (χ4v) is 1.40. The smallest absolute Gasteiger partial charge is 0.163 e. The molecular weight excluding hydrogens is 183 g/mol. The van der Waals surface area contributed by atoms with Gasteiger partial charge in [-0.25, -0.2) is 4.39 Å². The van der Waals surface area contributed by atoms with Gasteiger partial charge in [0.15, 0.2) is 6.30 Å². The standard InChI is InChI=1S/C9H21FN4/c1-14-6-4-11-2-3-12-8-9(10)13-5-7-14/h9,11-13H,2-8H2,1H3. The van der Waals surface area contributed by atoms with Crippen LogP contribution in [-0.4, -0.2) is 64.1 Å². The number of halogens is 1. The van der Waals surface area contributed by atoms with Crippen LogP contribution in [-0.2, 0) is 0 Å². The third-order valence-corrected chi connectivity index (χ3v) is 2.33. The van der Waals surface area contributed by atoms with E-state index in [9.17, 15) is 4.39 Å². The molecule has 0 radical (unpaired) electrons. The van der Waals surface area contributed by atoms with Crippen molar-refractivity contribution in [1.29, 1.82) is 0 Å². The van der Waals surface area contributed by atoms with Gasteiger partial charge in [0.1, 0.15) is 0 Å². The van der Waals surface area contributed by atoms with Gasteiger partial charge in [0, 0.05) is 45.8 Å². The number of nitrogens with one attached hydrogen (secondary N) is 3. The van der Waals surface area contributed by atoms with Crippen LogP contribution in [0.3, 0.4) is 0 Å². The second kappa shape index (κ2) is 7.11. The van der Waals surface area contributed by atoms with Gasteiger partial charge in [0.25, 0.3) is 0 Å². The Morgan fingerprint density at radius 2 is 1.79 bits per heavy atom. The molecule has 0 aliphatic carbocycles. The van der Waals surface area contributed by atoms with Crippen molar-refractivity contribution in [3.63, 3.8) is 0 Å². The molecular formula is C9H21FN4. The highest BCUT2D eigenvalue weighted by atomic mass is 19.1. The van der Waals surface area contributed by atoms with E-state index >= 15 is 0 Å². The molecule has 0 bridgehead atoms. The number of hydrogen-bond acceptors (Lipinski definition) is 4. The summed E-state index contributed by atoms with van der Waals surface area (Å²) in [6.07, 6.45) is -0.928. The first-order chi connectivity index (χ1) is 6.79. The SMILES string of the molecule is CN1CCNCCNCC(F)NCC1. The zero-order valence-electron chi connectivity index (χ0n) is 8.85. The number of likely N-dealkylation sites (N-methyl/N-ethyl adjacent to an activating group) is 1. The molecule has 0 aromatic carbocycles. The average Bonchev–Trinajstić information content (AvgIpc) is 2.14. The van der Waals surface area contributed by atoms with Gasteiger partial charge >= 0.3 is 0 Å². The molecule has 0 aromatic heterocycles. The molecule has 1 saturated heterocycles. The average molecular weight is 204 g/mol. The fourth-order valence-electron chi connectivity index (χ4n) is 1.40. The lowest BCUT2D eigenvalue weighted by molar-refractivity contribution is 0.240. The first-order valence-electron chi connectivity index (χ1n) is 5.26. The van der Waals surface area contributed by atoms with Gasteiger partial charge in [0.2, 0.25) is 0 Å². The predicted molar refractivity (Wildman–Crippen MR) is 56.1 cm³/mol. The third-order valence-electron chi connectivity index (χ3n) is 2.33. The summed E-state index contributed by atoms with van der Waals surface area (Å²) >= 11 is 0. The Hall–Kier alpha value is -0.230. The van der Waals surface area contributed by atoms with E-state index in [0.717, 1.165) is 32.7 Å². The molecule has 0 saturated carbocycles. The van der Waals surface area contributed by atoms with Crippen LogP contribution in [0.4, 0.5) is 4.39 Å². The summed E-state index contributed by atoms with van der Waals surface area (Å²) in [7, 11) is 2.06. The van der Waals surface area contributed by atoms with Gasteiger partial charge in [-0.3, -0.25) is 5.32 Å². The minimum absolute atomic E-state index is 0.394. The Kier molecular flexibility index (Phi) is 6.02. The first kappa shape index (κ1) is 11.8. The molecule has 1 rings (SSSR count). The van der Waals surface area contributed by atoms with Gasteiger partial charge in [-0.1, -0.05) is 0 Å². The Morgan fingerprint density at radius 1 is 1.07 bits per heavy atom. The Bertz CT molecular complexity index is 131. The number of nitrogens with zero attached hydrogens (tertiary/aromatic N) is 1. The van der Waals surface area contributed by atoms with Crippen molar-refractivity contribution in [1.82, 2.24) is 20.9 Å². The Labute approximate surface area is 85.2 Å². The number of alkyl halides is 1. The Balaban J connectivity index is 2.21. The van der Waals surface area contributed by atoms with Crippen molar-refractivity contribution < 1.29 is 4.39 Å². The van der Waals surface area contributed by atoms with E-state index in [1.54, 1.807) is 0 Å². The topological polar surface area (TPSA) is 39.3 Å². The number of rotatable bonds is 0. The van der Waals surface area contributed by atoms with Crippen LogP contribution in [0.25, 0.3) is 0 Å². The molecule has 1 heterocycles. The maximum atomic E-state index is 13.1. The molecule has 1 aliphatic rings. The molecule has 0 amide bonds. The lowest BCUT2D eigenvalue weighted by Crippen LogP contribution is -2.43. The van der Waals surface area contributed by atoms with Crippen LogP contribution < -0.4 is 16.0 Å². The van der Waals surface area contributed by atoms with E-state index in [0.29, 0.717) is 13.1 Å². The van der Waals surface area contributed by atoms with Crippen LogP contribution in [0.2, 0.25) is 0 Å². The molecule has 84 valence electrons. The Morgan fingerprint density at radius 3 is 2.64 bits per heavy atom. The van der Waals surface area contributed by atoms with Crippen LogP contribution in [0.15, 0.2) is 0 Å². The van der Waals surface area contributed by atoms with Gasteiger partial charge in [-0.15, -0.1) is 0 Å². The zero-order chi connectivity index (χ0) is 10.2. The molecule has 5 heteroatoms. The van der Waals surface area contributed by atoms with Crippen LogP contribution in [0.5, 0.6) is 0 Å². The molecule has 1 unspecified atom stereocenters. The van der Waals surface area contributed by atoms with Gasteiger partial charge in [0.05, 0.1) is 0 Å². The van der Waals surface area contributed by atoms with Crippen LogP contribution >= 0.6 is 0 Å². The van der Waals surface area contributed by atoms with Crippen LogP contribution in [0, 0.1) is 0 Å².